The lowest BCUT2D eigenvalue weighted by atomic mass is 9.73. The van der Waals surface area contributed by atoms with Crippen molar-refractivity contribution in [3.05, 3.63) is 30.1 Å². The molecule has 1 aromatic rings. The topological polar surface area (TPSA) is 69.7 Å². The van der Waals surface area contributed by atoms with Crippen LogP contribution in [-0.4, -0.2) is 41.4 Å². The number of halogens is 1. The van der Waals surface area contributed by atoms with Crippen LogP contribution in [0.2, 0.25) is 0 Å². The first-order chi connectivity index (χ1) is 12.4. The van der Waals surface area contributed by atoms with E-state index in [1.54, 1.807) is 6.92 Å². The van der Waals surface area contributed by atoms with Crippen molar-refractivity contribution in [3.8, 4) is 0 Å². The van der Waals surface area contributed by atoms with Crippen LogP contribution in [0, 0.1) is 11.7 Å². The maximum absolute atomic E-state index is 13.1. The molecule has 4 amide bonds. The largest absolute Gasteiger partial charge is 0.325 e. The first kappa shape index (κ1) is 18.4. The van der Waals surface area contributed by atoms with Gasteiger partial charge in [0.2, 0.25) is 5.91 Å². The molecule has 1 N–H and O–H groups in total. The highest BCUT2D eigenvalue weighted by molar-refractivity contribution is 6.10. The molecule has 1 aliphatic carbocycles. The molecule has 0 aromatic heterocycles. The van der Waals surface area contributed by atoms with Crippen LogP contribution in [0.15, 0.2) is 24.3 Å². The minimum atomic E-state index is -0.872. The van der Waals surface area contributed by atoms with Crippen molar-refractivity contribution < 1.29 is 18.8 Å². The van der Waals surface area contributed by atoms with Crippen molar-refractivity contribution in [2.24, 2.45) is 5.92 Å². The predicted molar refractivity (Wildman–Crippen MR) is 95.0 cm³/mol. The summed E-state index contributed by atoms with van der Waals surface area (Å²) < 4.78 is 13.1. The Kier molecular flexibility index (Phi) is 4.98. The molecule has 7 heteroatoms. The second kappa shape index (κ2) is 7.05. The number of carbonyl (C=O) groups excluding carboxylic acids is 3. The number of imide groups is 1. The molecule has 1 heterocycles. The third-order valence-corrected chi connectivity index (χ3v) is 5.55. The molecule has 1 aliphatic heterocycles. The minimum absolute atomic E-state index is 0.0483. The average Bonchev–Trinajstić information content (AvgIpc) is 2.85. The summed E-state index contributed by atoms with van der Waals surface area (Å²) in [6.45, 7) is 3.80. The molecule has 1 saturated heterocycles. The quantitative estimate of drug-likeness (QED) is 0.839. The van der Waals surface area contributed by atoms with E-state index in [1.165, 1.54) is 29.2 Å². The molecule has 0 bridgehead atoms. The Morgan fingerprint density at radius 3 is 2.62 bits per heavy atom. The van der Waals surface area contributed by atoms with E-state index in [4.69, 9.17) is 0 Å². The fourth-order valence-corrected chi connectivity index (χ4v) is 3.98. The molecule has 1 spiro atoms. The second-order valence-corrected chi connectivity index (χ2v) is 7.05. The third-order valence-electron chi connectivity index (χ3n) is 5.55. The lowest BCUT2D eigenvalue weighted by Crippen LogP contribution is -2.54. The van der Waals surface area contributed by atoms with Gasteiger partial charge in [0.25, 0.3) is 5.91 Å². The van der Waals surface area contributed by atoms with Crippen molar-refractivity contribution >= 4 is 23.5 Å². The summed E-state index contributed by atoms with van der Waals surface area (Å²) >= 11 is 0. The third kappa shape index (κ3) is 3.06. The van der Waals surface area contributed by atoms with E-state index in [-0.39, 0.29) is 30.1 Å². The number of rotatable bonds is 4. The SMILES string of the molecule is CCN(C(=O)CN1C(=O)N[C@@]2(CCCC[C@H]2C)C1=O)c1ccc(F)cc1. The zero-order valence-corrected chi connectivity index (χ0v) is 15.1. The van der Waals surface area contributed by atoms with Gasteiger partial charge in [0.15, 0.2) is 0 Å². The number of hydrogen-bond donors (Lipinski definition) is 1. The van der Waals surface area contributed by atoms with E-state index in [1.807, 2.05) is 6.92 Å². The number of nitrogens with zero attached hydrogens (tertiary/aromatic N) is 2. The number of amides is 4. The van der Waals surface area contributed by atoms with Crippen molar-refractivity contribution in [2.45, 2.75) is 45.1 Å². The fraction of sp³-hybridized carbons (Fsp3) is 0.526. The zero-order chi connectivity index (χ0) is 18.9. The summed E-state index contributed by atoms with van der Waals surface area (Å²) in [4.78, 5) is 40.5. The summed E-state index contributed by atoms with van der Waals surface area (Å²) in [6, 6.07) is 5.06. The van der Waals surface area contributed by atoms with Crippen LogP contribution < -0.4 is 10.2 Å². The van der Waals surface area contributed by atoms with Gasteiger partial charge in [-0.25, -0.2) is 9.18 Å². The van der Waals surface area contributed by atoms with E-state index in [2.05, 4.69) is 5.32 Å². The van der Waals surface area contributed by atoms with Gasteiger partial charge in [0.1, 0.15) is 17.9 Å². The van der Waals surface area contributed by atoms with Crippen molar-refractivity contribution in [2.75, 3.05) is 18.0 Å². The number of anilines is 1. The average molecular weight is 361 g/mol. The Morgan fingerprint density at radius 2 is 2.00 bits per heavy atom. The molecule has 26 heavy (non-hydrogen) atoms. The van der Waals surface area contributed by atoms with E-state index in [0.29, 0.717) is 18.7 Å². The maximum atomic E-state index is 13.1. The number of carbonyl (C=O) groups is 3. The Labute approximate surface area is 152 Å². The van der Waals surface area contributed by atoms with Crippen molar-refractivity contribution in [1.82, 2.24) is 10.2 Å². The van der Waals surface area contributed by atoms with E-state index in [0.717, 1.165) is 24.2 Å². The van der Waals surface area contributed by atoms with Crippen molar-refractivity contribution in [3.63, 3.8) is 0 Å². The maximum Gasteiger partial charge on any atom is 0.325 e. The molecule has 2 atom stereocenters. The van der Waals surface area contributed by atoms with Gasteiger partial charge in [-0.15, -0.1) is 0 Å². The summed E-state index contributed by atoms with van der Waals surface area (Å²) in [6.07, 6.45) is 3.41. The van der Waals surface area contributed by atoms with Crippen LogP contribution >= 0.6 is 0 Å². The van der Waals surface area contributed by atoms with Crippen LogP contribution in [0.5, 0.6) is 0 Å². The Hall–Kier alpha value is -2.44. The Morgan fingerprint density at radius 1 is 1.31 bits per heavy atom. The normalized spacial score (nSPS) is 25.5. The molecule has 3 rings (SSSR count). The van der Waals surface area contributed by atoms with Gasteiger partial charge in [0, 0.05) is 12.2 Å². The first-order valence-electron chi connectivity index (χ1n) is 9.09. The van der Waals surface area contributed by atoms with E-state index in [9.17, 15) is 18.8 Å². The molecule has 1 aromatic carbocycles. The monoisotopic (exact) mass is 361 g/mol. The number of likely N-dealkylation sites (N-methyl/N-ethyl adjacent to an activating group) is 1. The highest BCUT2D eigenvalue weighted by Gasteiger charge is 2.55. The highest BCUT2D eigenvalue weighted by atomic mass is 19.1. The van der Waals surface area contributed by atoms with Gasteiger partial charge >= 0.3 is 6.03 Å². The number of nitrogens with one attached hydrogen (secondary N) is 1. The molecule has 2 fully saturated rings. The summed E-state index contributed by atoms with van der Waals surface area (Å²) in [5.41, 5.74) is -0.339. The molecule has 2 aliphatic rings. The standard InChI is InChI=1S/C19H24FN3O3/c1-3-22(15-9-7-14(20)8-10-15)16(24)12-23-17(25)19(21-18(23)26)11-5-4-6-13(19)2/h7-10,13H,3-6,11-12H2,1-2H3,(H,21,26)/t13-,19-/m1/s1. The summed E-state index contributed by atoms with van der Waals surface area (Å²) in [5, 5.41) is 2.85. The molecule has 0 radical (unpaired) electrons. The van der Waals surface area contributed by atoms with E-state index >= 15 is 0 Å². The molecular formula is C19H24FN3O3. The Balaban J connectivity index is 1.77. The summed E-state index contributed by atoms with van der Waals surface area (Å²) in [5.74, 6) is -1.02. The van der Waals surface area contributed by atoms with Gasteiger partial charge in [-0.1, -0.05) is 19.8 Å². The lowest BCUT2D eigenvalue weighted by Gasteiger charge is -2.36. The molecule has 6 nitrogen and oxygen atoms in total. The predicted octanol–water partition coefficient (Wildman–Crippen LogP) is 2.68. The van der Waals surface area contributed by atoms with Crippen LogP contribution in [-0.2, 0) is 9.59 Å². The zero-order valence-electron chi connectivity index (χ0n) is 15.1. The number of urea groups is 1. The molecule has 1 saturated carbocycles. The second-order valence-electron chi connectivity index (χ2n) is 7.05. The minimum Gasteiger partial charge on any atom is -0.323 e. The molecule has 140 valence electrons. The Bertz CT molecular complexity index is 721. The van der Waals surface area contributed by atoms with Gasteiger partial charge < -0.3 is 10.2 Å². The number of hydrogen-bond acceptors (Lipinski definition) is 3. The van der Waals surface area contributed by atoms with Gasteiger partial charge in [-0.3, -0.25) is 14.5 Å². The van der Waals surface area contributed by atoms with Crippen LogP contribution in [0.25, 0.3) is 0 Å². The van der Waals surface area contributed by atoms with Gasteiger partial charge in [-0.2, -0.15) is 0 Å². The fourth-order valence-electron chi connectivity index (χ4n) is 3.98. The van der Waals surface area contributed by atoms with E-state index < -0.39 is 11.6 Å². The van der Waals surface area contributed by atoms with Gasteiger partial charge in [0.05, 0.1) is 0 Å². The van der Waals surface area contributed by atoms with Gasteiger partial charge in [-0.05, 0) is 49.9 Å². The number of benzene rings is 1. The van der Waals surface area contributed by atoms with Crippen LogP contribution in [0.4, 0.5) is 14.9 Å². The van der Waals surface area contributed by atoms with Crippen LogP contribution in [0.3, 0.4) is 0 Å². The molecule has 0 unspecified atom stereocenters. The lowest BCUT2D eigenvalue weighted by molar-refractivity contribution is -0.136. The first-order valence-corrected chi connectivity index (χ1v) is 9.09. The summed E-state index contributed by atoms with van der Waals surface area (Å²) in [7, 11) is 0. The smallest absolute Gasteiger partial charge is 0.323 e. The highest BCUT2D eigenvalue weighted by Crippen LogP contribution is 2.38. The van der Waals surface area contributed by atoms with Crippen molar-refractivity contribution in [1.29, 1.82) is 0 Å². The van der Waals surface area contributed by atoms with Crippen LogP contribution in [0.1, 0.15) is 39.5 Å². The molecular weight excluding hydrogens is 337 g/mol.